The van der Waals surface area contributed by atoms with Crippen LogP contribution in [0.15, 0.2) is 24.3 Å². The molecule has 0 heterocycles. The number of halogens is 3. The second kappa shape index (κ2) is 4.23. The highest BCUT2D eigenvalue weighted by Crippen LogP contribution is 2.26. The van der Waals surface area contributed by atoms with Crippen LogP contribution in [0.5, 0.6) is 5.75 Å². The van der Waals surface area contributed by atoms with E-state index in [1.54, 1.807) is 12.1 Å². The fourth-order valence-corrected chi connectivity index (χ4v) is 1.54. The Morgan fingerprint density at radius 2 is 1.75 bits per heavy atom. The zero-order chi connectivity index (χ0) is 11.6. The van der Waals surface area contributed by atoms with E-state index in [1.807, 2.05) is 0 Å². The molecule has 0 spiro atoms. The average Bonchev–Trinajstić information content (AvgIpc) is 2.11. The van der Waals surface area contributed by atoms with E-state index in [0.29, 0.717) is 6.04 Å². The van der Waals surface area contributed by atoms with Gasteiger partial charge in [-0.1, -0.05) is 0 Å². The van der Waals surface area contributed by atoms with Crippen molar-refractivity contribution in [1.29, 1.82) is 0 Å². The normalized spacial score (nSPS) is 16.7. The van der Waals surface area contributed by atoms with Crippen molar-refractivity contribution in [2.75, 3.05) is 5.32 Å². The van der Waals surface area contributed by atoms with Crippen molar-refractivity contribution in [1.82, 2.24) is 0 Å². The molecule has 2 nitrogen and oxygen atoms in total. The zero-order valence-electron chi connectivity index (χ0n) is 8.55. The lowest BCUT2D eigenvalue weighted by Crippen LogP contribution is -2.26. The van der Waals surface area contributed by atoms with E-state index in [1.165, 1.54) is 18.6 Å². The van der Waals surface area contributed by atoms with Gasteiger partial charge in [0.05, 0.1) is 0 Å². The van der Waals surface area contributed by atoms with Gasteiger partial charge in [0.15, 0.2) is 0 Å². The van der Waals surface area contributed by atoms with Gasteiger partial charge in [-0.15, -0.1) is 13.2 Å². The molecule has 0 atom stereocenters. The third-order valence-corrected chi connectivity index (χ3v) is 2.56. The molecule has 1 aromatic carbocycles. The second-order valence-corrected chi connectivity index (χ2v) is 3.84. The van der Waals surface area contributed by atoms with Gasteiger partial charge in [-0.3, -0.25) is 0 Å². The van der Waals surface area contributed by atoms with E-state index in [2.05, 4.69) is 10.1 Å². The van der Waals surface area contributed by atoms with E-state index < -0.39 is 6.36 Å². The lowest BCUT2D eigenvalue weighted by Gasteiger charge is -2.27. The Morgan fingerprint density at radius 1 is 1.12 bits per heavy atom. The van der Waals surface area contributed by atoms with Crippen molar-refractivity contribution in [3.8, 4) is 5.75 Å². The van der Waals surface area contributed by atoms with Crippen molar-refractivity contribution >= 4 is 5.69 Å². The van der Waals surface area contributed by atoms with E-state index >= 15 is 0 Å². The Bertz CT molecular complexity index is 343. The van der Waals surface area contributed by atoms with Crippen LogP contribution in [0.4, 0.5) is 18.9 Å². The van der Waals surface area contributed by atoms with Gasteiger partial charge in [0.1, 0.15) is 5.75 Å². The molecule has 5 heteroatoms. The Morgan fingerprint density at radius 3 is 2.19 bits per heavy atom. The molecule has 1 saturated carbocycles. The first kappa shape index (κ1) is 11.1. The fourth-order valence-electron chi connectivity index (χ4n) is 1.54. The van der Waals surface area contributed by atoms with Gasteiger partial charge in [-0.2, -0.15) is 0 Å². The summed E-state index contributed by atoms with van der Waals surface area (Å²) in [6, 6.07) is 6.29. The monoisotopic (exact) mass is 231 g/mol. The molecule has 1 aliphatic rings. The molecular formula is C11H12F3NO. The highest BCUT2D eigenvalue weighted by molar-refractivity contribution is 5.47. The Kier molecular flexibility index (Phi) is 2.94. The third kappa shape index (κ3) is 3.05. The molecule has 0 bridgehead atoms. The molecule has 1 fully saturated rings. The summed E-state index contributed by atoms with van der Waals surface area (Å²) in [4.78, 5) is 0. The number of benzene rings is 1. The first-order chi connectivity index (χ1) is 7.53. The summed E-state index contributed by atoms with van der Waals surface area (Å²) < 4.78 is 39.4. The molecule has 2 rings (SSSR count). The highest BCUT2D eigenvalue weighted by Gasteiger charge is 2.30. The zero-order valence-corrected chi connectivity index (χ0v) is 8.55. The molecule has 0 aromatic heterocycles. The minimum Gasteiger partial charge on any atom is -0.406 e. The summed E-state index contributed by atoms with van der Waals surface area (Å²) in [5, 5.41) is 3.23. The Hall–Kier alpha value is -1.39. The molecule has 0 saturated heterocycles. The molecule has 16 heavy (non-hydrogen) atoms. The topological polar surface area (TPSA) is 21.3 Å². The fraction of sp³-hybridized carbons (Fsp3) is 0.455. The molecule has 0 aliphatic heterocycles. The van der Waals surface area contributed by atoms with Crippen LogP contribution in [0, 0.1) is 0 Å². The molecule has 1 aromatic rings. The summed E-state index contributed by atoms with van der Waals surface area (Å²) in [5.74, 6) is -0.188. The SMILES string of the molecule is FC(F)(F)Oc1ccc(NC2CCC2)cc1. The number of nitrogens with one attached hydrogen (secondary N) is 1. The number of hydrogen-bond acceptors (Lipinski definition) is 2. The van der Waals surface area contributed by atoms with Crippen molar-refractivity contribution < 1.29 is 17.9 Å². The summed E-state index contributed by atoms with van der Waals surface area (Å²) in [7, 11) is 0. The maximum absolute atomic E-state index is 11.9. The lowest BCUT2D eigenvalue weighted by molar-refractivity contribution is -0.274. The number of rotatable bonds is 3. The standard InChI is InChI=1S/C11H12F3NO/c12-11(13,14)16-10-6-4-9(5-7-10)15-8-2-1-3-8/h4-8,15H,1-3H2. The van der Waals surface area contributed by atoms with Crippen molar-refractivity contribution in [2.45, 2.75) is 31.7 Å². The smallest absolute Gasteiger partial charge is 0.406 e. The minimum absolute atomic E-state index is 0.188. The average molecular weight is 231 g/mol. The number of anilines is 1. The quantitative estimate of drug-likeness (QED) is 0.858. The van der Waals surface area contributed by atoms with E-state index in [9.17, 15) is 13.2 Å². The first-order valence-corrected chi connectivity index (χ1v) is 5.15. The van der Waals surface area contributed by atoms with Crippen LogP contribution in [0.1, 0.15) is 19.3 Å². The van der Waals surface area contributed by atoms with Crippen LogP contribution in [-0.2, 0) is 0 Å². The lowest BCUT2D eigenvalue weighted by atomic mass is 9.93. The van der Waals surface area contributed by atoms with Crippen LogP contribution in [0.2, 0.25) is 0 Å². The summed E-state index contributed by atoms with van der Waals surface area (Å²) in [6.45, 7) is 0. The maximum atomic E-state index is 11.9. The van der Waals surface area contributed by atoms with E-state index in [4.69, 9.17) is 0 Å². The second-order valence-electron chi connectivity index (χ2n) is 3.84. The van der Waals surface area contributed by atoms with Crippen molar-refractivity contribution in [2.24, 2.45) is 0 Å². The van der Waals surface area contributed by atoms with Gasteiger partial charge in [-0.25, -0.2) is 0 Å². The van der Waals surface area contributed by atoms with Crippen LogP contribution in [0.3, 0.4) is 0 Å². The molecule has 1 aliphatic carbocycles. The van der Waals surface area contributed by atoms with Gasteiger partial charge in [0.2, 0.25) is 0 Å². The van der Waals surface area contributed by atoms with Crippen molar-refractivity contribution in [3.05, 3.63) is 24.3 Å². The molecular weight excluding hydrogens is 219 g/mol. The Labute approximate surface area is 91.4 Å². The van der Waals surface area contributed by atoms with Crippen molar-refractivity contribution in [3.63, 3.8) is 0 Å². The number of hydrogen-bond donors (Lipinski definition) is 1. The van der Waals surface area contributed by atoms with Crippen LogP contribution < -0.4 is 10.1 Å². The number of alkyl halides is 3. The summed E-state index contributed by atoms with van der Waals surface area (Å²) in [5.41, 5.74) is 0.833. The van der Waals surface area contributed by atoms with Gasteiger partial charge in [0, 0.05) is 11.7 Å². The van der Waals surface area contributed by atoms with Crippen LogP contribution in [-0.4, -0.2) is 12.4 Å². The third-order valence-electron chi connectivity index (χ3n) is 2.56. The minimum atomic E-state index is -4.62. The molecule has 1 N–H and O–H groups in total. The molecule has 0 radical (unpaired) electrons. The van der Waals surface area contributed by atoms with Gasteiger partial charge >= 0.3 is 6.36 Å². The summed E-state index contributed by atoms with van der Waals surface area (Å²) in [6.07, 6.45) is -1.16. The molecule has 0 amide bonds. The van der Waals surface area contributed by atoms with Crippen LogP contribution in [0.25, 0.3) is 0 Å². The Balaban J connectivity index is 1.93. The van der Waals surface area contributed by atoms with Gasteiger partial charge in [0.25, 0.3) is 0 Å². The van der Waals surface area contributed by atoms with Gasteiger partial charge < -0.3 is 10.1 Å². The largest absolute Gasteiger partial charge is 0.573 e. The number of ether oxygens (including phenoxy) is 1. The predicted octanol–water partition coefficient (Wildman–Crippen LogP) is 3.55. The predicted molar refractivity (Wildman–Crippen MR) is 54.4 cm³/mol. The first-order valence-electron chi connectivity index (χ1n) is 5.15. The summed E-state index contributed by atoms with van der Waals surface area (Å²) >= 11 is 0. The van der Waals surface area contributed by atoms with Crippen LogP contribution >= 0.6 is 0 Å². The van der Waals surface area contributed by atoms with E-state index in [-0.39, 0.29) is 5.75 Å². The molecule has 0 unspecified atom stereocenters. The highest BCUT2D eigenvalue weighted by atomic mass is 19.4. The van der Waals surface area contributed by atoms with Gasteiger partial charge in [-0.05, 0) is 43.5 Å². The van der Waals surface area contributed by atoms with E-state index in [0.717, 1.165) is 18.5 Å². The molecule has 88 valence electrons. The maximum Gasteiger partial charge on any atom is 0.573 e.